The molecule has 0 aliphatic carbocycles. The number of carbonyl (C=O) groups excluding carboxylic acids is 2. The molecule has 8 heteroatoms. The molecule has 0 saturated carbocycles. The first kappa shape index (κ1) is 28.7. The first-order valence-electron chi connectivity index (χ1n) is 11.6. The third-order valence-corrected chi connectivity index (χ3v) is 5.79. The SMILES string of the molecule is C=C(C)C(=O)OCCCCCCOc1ncc(C)c(SCCCCCCOC(=O)C(=C)C)n1. The van der Waals surface area contributed by atoms with E-state index in [0.29, 0.717) is 37.0 Å². The maximum Gasteiger partial charge on any atom is 0.333 e. The fourth-order valence-corrected chi connectivity index (χ4v) is 3.62. The monoisotopic (exact) mass is 478 g/mol. The van der Waals surface area contributed by atoms with Crippen LogP contribution in [0.15, 0.2) is 35.5 Å². The molecule has 7 nitrogen and oxygen atoms in total. The Hall–Kier alpha value is -2.35. The predicted molar refractivity (Wildman–Crippen MR) is 131 cm³/mol. The molecular weight excluding hydrogens is 440 g/mol. The van der Waals surface area contributed by atoms with Crippen molar-refractivity contribution in [3.63, 3.8) is 0 Å². The zero-order valence-electron chi connectivity index (χ0n) is 20.3. The maximum atomic E-state index is 11.3. The molecule has 1 heterocycles. The van der Waals surface area contributed by atoms with Gasteiger partial charge in [0.25, 0.3) is 0 Å². The lowest BCUT2D eigenvalue weighted by molar-refractivity contribution is -0.139. The van der Waals surface area contributed by atoms with Gasteiger partial charge in [-0.25, -0.2) is 14.6 Å². The van der Waals surface area contributed by atoms with Gasteiger partial charge in [-0.15, -0.1) is 11.8 Å². The third-order valence-electron chi connectivity index (χ3n) is 4.61. The standard InChI is InChI=1S/C25H38N2O5S/c1-19(2)23(28)30-14-10-6-7-12-16-32-25-26-18-21(5)22(27-25)33-17-13-9-8-11-15-31-24(29)20(3)4/h18H,1,3,6-17H2,2,4-5H3. The first-order valence-corrected chi connectivity index (χ1v) is 12.5. The second kappa shape index (κ2) is 17.2. The van der Waals surface area contributed by atoms with E-state index in [2.05, 4.69) is 23.1 Å². The second-order valence-corrected chi connectivity index (χ2v) is 9.08. The number of aryl methyl sites for hydroxylation is 1. The van der Waals surface area contributed by atoms with E-state index in [1.807, 2.05) is 6.92 Å². The van der Waals surface area contributed by atoms with Crippen LogP contribution in [0.3, 0.4) is 0 Å². The smallest absolute Gasteiger partial charge is 0.333 e. The second-order valence-electron chi connectivity index (χ2n) is 8.00. The van der Waals surface area contributed by atoms with Gasteiger partial charge >= 0.3 is 17.9 Å². The molecule has 0 unspecified atom stereocenters. The van der Waals surface area contributed by atoms with Crippen molar-refractivity contribution in [1.82, 2.24) is 9.97 Å². The van der Waals surface area contributed by atoms with E-state index in [-0.39, 0.29) is 11.9 Å². The molecule has 1 aromatic rings. The quantitative estimate of drug-likeness (QED) is 0.0884. The molecule has 0 fully saturated rings. The predicted octanol–water partition coefficient (Wildman–Crippen LogP) is 5.62. The number of carbonyl (C=O) groups is 2. The number of hydrogen-bond donors (Lipinski definition) is 0. The van der Waals surface area contributed by atoms with Crippen LogP contribution in [-0.2, 0) is 19.1 Å². The average molecular weight is 479 g/mol. The Morgan fingerprint density at radius 2 is 1.36 bits per heavy atom. The summed E-state index contributed by atoms with van der Waals surface area (Å²) < 4.78 is 15.9. The zero-order chi connectivity index (χ0) is 24.5. The van der Waals surface area contributed by atoms with Crippen molar-refractivity contribution in [3.8, 4) is 6.01 Å². The largest absolute Gasteiger partial charge is 0.463 e. The number of nitrogens with zero attached hydrogens (tertiary/aromatic N) is 2. The third kappa shape index (κ3) is 13.7. The maximum absolute atomic E-state index is 11.3. The normalized spacial score (nSPS) is 10.5. The molecule has 184 valence electrons. The minimum atomic E-state index is -0.329. The molecule has 33 heavy (non-hydrogen) atoms. The molecule has 0 atom stereocenters. The Labute approximate surface area is 202 Å². The van der Waals surface area contributed by atoms with Gasteiger partial charge < -0.3 is 14.2 Å². The van der Waals surface area contributed by atoms with E-state index in [4.69, 9.17) is 14.2 Å². The summed E-state index contributed by atoms with van der Waals surface area (Å²) in [5.41, 5.74) is 1.91. The van der Waals surface area contributed by atoms with Crippen molar-refractivity contribution in [1.29, 1.82) is 0 Å². The zero-order valence-corrected chi connectivity index (χ0v) is 21.1. The number of esters is 2. The number of rotatable bonds is 18. The van der Waals surface area contributed by atoms with Crippen LogP contribution in [0.5, 0.6) is 6.01 Å². The van der Waals surface area contributed by atoms with Gasteiger partial charge in [0.15, 0.2) is 0 Å². The summed E-state index contributed by atoms with van der Waals surface area (Å²) >= 11 is 1.72. The molecule has 0 spiro atoms. The van der Waals surface area contributed by atoms with E-state index in [0.717, 1.165) is 67.7 Å². The van der Waals surface area contributed by atoms with Crippen LogP contribution in [0, 0.1) is 6.92 Å². The van der Waals surface area contributed by atoms with Crippen LogP contribution in [0.25, 0.3) is 0 Å². The fraction of sp³-hybridized carbons (Fsp3) is 0.600. The number of thioether (sulfide) groups is 1. The minimum Gasteiger partial charge on any atom is -0.463 e. The molecule has 1 rings (SSSR count). The van der Waals surface area contributed by atoms with Crippen LogP contribution >= 0.6 is 11.8 Å². The van der Waals surface area contributed by atoms with E-state index < -0.39 is 0 Å². The van der Waals surface area contributed by atoms with Crippen LogP contribution in [0.1, 0.15) is 70.8 Å². The molecule has 0 amide bonds. The average Bonchev–Trinajstić information content (AvgIpc) is 2.78. The van der Waals surface area contributed by atoms with Crippen LogP contribution in [-0.4, -0.2) is 47.5 Å². The molecule has 1 aromatic heterocycles. The van der Waals surface area contributed by atoms with Crippen LogP contribution < -0.4 is 4.74 Å². The van der Waals surface area contributed by atoms with Gasteiger partial charge in [-0.3, -0.25) is 0 Å². The van der Waals surface area contributed by atoms with Gasteiger partial charge in [0.1, 0.15) is 5.03 Å². The Morgan fingerprint density at radius 3 is 1.91 bits per heavy atom. The van der Waals surface area contributed by atoms with E-state index in [9.17, 15) is 9.59 Å². The van der Waals surface area contributed by atoms with Gasteiger partial charge in [-0.1, -0.05) is 26.0 Å². The molecule has 0 aliphatic rings. The Kier molecular flexibility index (Phi) is 14.9. The van der Waals surface area contributed by atoms with Crippen molar-refractivity contribution in [2.45, 2.75) is 77.2 Å². The summed E-state index contributed by atoms with van der Waals surface area (Å²) in [6.07, 6.45) is 9.54. The molecule has 0 aromatic carbocycles. The molecule has 0 saturated heterocycles. The molecule has 0 bridgehead atoms. The van der Waals surface area contributed by atoms with Crippen molar-refractivity contribution in [2.75, 3.05) is 25.6 Å². The van der Waals surface area contributed by atoms with Gasteiger partial charge in [0.2, 0.25) is 0 Å². The van der Waals surface area contributed by atoms with E-state index in [1.54, 1.807) is 31.8 Å². The first-order chi connectivity index (χ1) is 15.8. The highest BCUT2D eigenvalue weighted by molar-refractivity contribution is 7.99. The highest BCUT2D eigenvalue weighted by Crippen LogP contribution is 2.23. The molecular formula is C25H38N2O5S. The Bertz CT molecular complexity index is 782. The van der Waals surface area contributed by atoms with Gasteiger partial charge in [-0.2, -0.15) is 4.98 Å². The summed E-state index contributed by atoms with van der Waals surface area (Å²) in [6, 6.07) is 0.415. The summed E-state index contributed by atoms with van der Waals surface area (Å²) in [4.78, 5) is 31.4. The Balaban J connectivity index is 2.13. The highest BCUT2D eigenvalue weighted by Gasteiger charge is 2.07. The van der Waals surface area contributed by atoms with E-state index >= 15 is 0 Å². The number of unbranched alkanes of at least 4 members (excludes halogenated alkanes) is 6. The minimum absolute atomic E-state index is 0.315. The fourth-order valence-electron chi connectivity index (χ4n) is 2.65. The summed E-state index contributed by atoms with van der Waals surface area (Å²) in [5.74, 6) is 0.327. The molecule has 0 aliphatic heterocycles. The van der Waals surface area contributed by atoms with Crippen LogP contribution in [0.2, 0.25) is 0 Å². The summed E-state index contributed by atoms with van der Waals surface area (Å²) in [6.45, 7) is 13.9. The van der Waals surface area contributed by atoms with Crippen molar-refractivity contribution < 1.29 is 23.8 Å². The van der Waals surface area contributed by atoms with Gasteiger partial charge in [0, 0.05) is 17.3 Å². The van der Waals surface area contributed by atoms with E-state index in [1.165, 1.54) is 0 Å². The molecule has 0 radical (unpaired) electrons. The topological polar surface area (TPSA) is 87.6 Å². The lowest BCUT2D eigenvalue weighted by Gasteiger charge is -2.08. The van der Waals surface area contributed by atoms with Crippen molar-refractivity contribution in [3.05, 3.63) is 36.1 Å². The Morgan fingerprint density at radius 1 is 0.848 bits per heavy atom. The summed E-state index contributed by atoms with van der Waals surface area (Å²) in [5, 5.41) is 0.953. The number of ether oxygens (including phenoxy) is 3. The number of aromatic nitrogens is 2. The lowest BCUT2D eigenvalue weighted by atomic mass is 10.2. The molecule has 0 N–H and O–H groups in total. The van der Waals surface area contributed by atoms with Crippen molar-refractivity contribution >= 4 is 23.7 Å². The highest BCUT2D eigenvalue weighted by atomic mass is 32.2. The van der Waals surface area contributed by atoms with Gasteiger partial charge in [-0.05, 0) is 70.6 Å². The summed E-state index contributed by atoms with van der Waals surface area (Å²) in [7, 11) is 0. The number of hydrogen-bond acceptors (Lipinski definition) is 8. The van der Waals surface area contributed by atoms with Crippen LogP contribution in [0.4, 0.5) is 0 Å². The van der Waals surface area contributed by atoms with Crippen molar-refractivity contribution in [2.24, 2.45) is 0 Å². The van der Waals surface area contributed by atoms with Gasteiger partial charge in [0.05, 0.1) is 19.8 Å². The lowest BCUT2D eigenvalue weighted by Crippen LogP contribution is -2.06.